The highest BCUT2D eigenvalue weighted by atomic mass is 16.5. The van der Waals surface area contributed by atoms with Crippen molar-refractivity contribution in [1.82, 2.24) is 20.1 Å². The zero-order valence-electron chi connectivity index (χ0n) is 12.1. The van der Waals surface area contributed by atoms with Crippen LogP contribution >= 0.6 is 0 Å². The van der Waals surface area contributed by atoms with Crippen LogP contribution in [0.15, 0.2) is 0 Å². The first-order valence-electron chi connectivity index (χ1n) is 6.39. The van der Waals surface area contributed by atoms with E-state index in [1.165, 1.54) is 4.90 Å². The quantitative estimate of drug-likeness (QED) is 0.814. The lowest BCUT2D eigenvalue weighted by atomic mass is 9.97. The monoisotopic (exact) mass is 295 g/mol. The molecule has 1 aromatic rings. The Morgan fingerprint density at radius 2 is 2.00 bits per heavy atom. The molecule has 0 aliphatic carbocycles. The SMILES string of the molecule is Cc1nnc(NC(=O)N2CC(C)(OCC(=O)O)C2)nc1C. The van der Waals surface area contributed by atoms with Crippen molar-refractivity contribution in [3.05, 3.63) is 11.4 Å². The number of carboxylic acid groups (broad SMARTS) is 1. The van der Waals surface area contributed by atoms with Crippen LogP contribution in [-0.2, 0) is 9.53 Å². The van der Waals surface area contributed by atoms with Gasteiger partial charge in [-0.15, -0.1) is 5.10 Å². The number of anilines is 1. The summed E-state index contributed by atoms with van der Waals surface area (Å²) in [5.41, 5.74) is 0.767. The number of carbonyl (C=O) groups excluding carboxylic acids is 1. The predicted molar refractivity (Wildman–Crippen MR) is 71.9 cm³/mol. The summed E-state index contributed by atoms with van der Waals surface area (Å²) in [5, 5.41) is 18.8. The van der Waals surface area contributed by atoms with Gasteiger partial charge in [-0.1, -0.05) is 0 Å². The van der Waals surface area contributed by atoms with E-state index in [-0.39, 0.29) is 18.6 Å². The zero-order chi connectivity index (χ0) is 15.6. The summed E-state index contributed by atoms with van der Waals surface area (Å²) < 4.78 is 5.23. The fourth-order valence-corrected chi connectivity index (χ4v) is 1.92. The van der Waals surface area contributed by atoms with Crippen molar-refractivity contribution in [2.75, 3.05) is 25.0 Å². The highest BCUT2D eigenvalue weighted by Crippen LogP contribution is 2.25. The molecule has 2 N–H and O–H groups in total. The number of aromatic nitrogens is 3. The minimum Gasteiger partial charge on any atom is -0.480 e. The summed E-state index contributed by atoms with van der Waals surface area (Å²) in [4.78, 5) is 28.0. The summed E-state index contributed by atoms with van der Waals surface area (Å²) in [6.07, 6.45) is 0. The van der Waals surface area contributed by atoms with E-state index < -0.39 is 11.6 Å². The Balaban J connectivity index is 1.86. The van der Waals surface area contributed by atoms with E-state index >= 15 is 0 Å². The summed E-state index contributed by atoms with van der Waals surface area (Å²) in [6.45, 7) is 5.56. The van der Waals surface area contributed by atoms with E-state index in [2.05, 4.69) is 20.5 Å². The van der Waals surface area contributed by atoms with E-state index in [1.807, 2.05) is 0 Å². The summed E-state index contributed by atoms with van der Waals surface area (Å²) in [7, 11) is 0. The first-order chi connectivity index (χ1) is 9.79. The third kappa shape index (κ3) is 3.63. The van der Waals surface area contributed by atoms with Gasteiger partial charge >= 0.3 is 12.0 Å². The molecular formula is C12H17N5O4. The number of amides is 2. The van der Waals surface area contributed by atoms with Gasteiger partial charge in [0.15, 0.2) is 0 Å². The Hall–Kier alpha value is -2.29. The molecule has 0 spiro atoms. The van der Waals surface area contributed by atoms with Crippen LogP contribution in [0.4, 0.5) is 10.7 Å². The standard InChI is InChI=1S/C12H17N5O4/c1-7-8(2)15-16-10(13-7)14-11(20)17-5-12(3,6-17)21-4-9(18)19/h4-6H2,1-3H3,(H,18,19)(H,13,14,16,20). The van der Waals surface area contributed by atoms with Crippen LogP contribution < -0.4 is 5.32 Å². The van der Waals surface area contributed by atoms with Crippen LogP contribution in [0.1, 0.15) is 18.3 Å². The molecule has 114 valence electrons. The molecule has 9 heteroatoms. The topological polar surface area (TPSA) is 118 Å². The number of urea groups is 1. The van der Waals surface area contributed by atoms with Gasteiger partial charge in [-0.05, 0) is 20.8 Å². The Morgan fingerprint density at radius 3 is 2.57 bits per heavy atom. The van der Waals surface area contributed by atoms with Gasteiger partial charge < -0.3 is 14.7 Å². The number of hydrogen-bond acceptors (Lipinski definition) is 6. The van der Waals surface area contributed by atoms with Gasteiger partial charge in [0.25, 0.3) is 5.95 Å². The second-order valence-corrected chi connectivity index (χ2v) is 5.22. The predicted octanol–water partition coefficient (Wildman–Crippen LogP) is 0.196. The molecule has 2 amide bonds. The van der Waals surface area contributed by atoms with Gasteiger partial charge in [0.1, 0.15) is 12.2 Å². The molecule has 0 atom stereocenters. The molecular weight excluding hydrogens is 278 g/mol. The second kappa shape index (κ2) is 5.60. The number of nitrogens with one attached hydrogen (secondary N) is 1. The van der Waals surface area contributed by atoms with Crippen LogP contribution in [0.25, 0.3) is 0 Å². The number of rotatable bonds is 4. The maximum atomic E-state index is 12.0. The number of ether oxygens (including phenoxy) is 1. The van der Waals surface area contributed by atoms with Crippen molar-refractivity contribution in [3.63, 3.8) is 0 Å². The first-order valence-corrected chi connectivity index (χ1v) is 6.39. The molecule has 1 saturated heterocycles. The summed E-state index contributed by atoms with van der Waals surface area (Å²) >= 11 is 0. The van der Waals surface area contributed by atoms with Crippen molar-refractivity contribution in [2.24, 2.45) is 0 Å². The van der Waals surface area contributed by atoms with Crippen molar-refractivity contribution in [3.8, 4) is 0 Å². The van der Waals surface area contributed by atoms with Gasteiger partial charge in [0.2, 0.25) is 0 Å². The lowest BCUT2D eigenvalue weighted by Crippen LogP contribution is -2.64. The lowest BCUT2D eigenvalue weighted by molar-refractivity contribution is -0.159. The molecule has 0 radical (unpaired) electrons. The largest absolute Gasteiger partial charge is 0.480 e. The lowest BCUT2D eigenvalue weighted by Gasteiger charge is -2.46. The maximum Gasteiger partial charge on any atom is 0.329 e. The minimum absolute atomic E-state index is 0.142. The molecule has 1 aromatic heterocycles. The number of likely N-dealkylation sites (tertiary alicyclic amines) is 1. The highest BCUT2D eigenvalue weighted by Gasteiger charge is 2.43. The Kier molecular flexibility index (Phi) is 4.03. The number of nitrogens with zero attached hydrogens (tertiary/aromatic N) is 4. The molecule has 0 bridgehead atoms. The van der Waals surface area contributed by atoms with Crippen LogP contribution in [0.2, 0.25) is 0 Å². The average molecular weight is 295 g/mol. The van der Waals surface area contributed by atoms with E-state index in [1.54, 1.807) is 20.8 Å². The second-order valence-electron chi connectivity index (χ2n) is 5.22. The molecule has 0 saturated carbocycles. The average Bonchev–Trinajstić information content (AvgIpc) is 2.37. The van der Waals surface area contributed by atoms with E-state index in [4.69, 9.17) is 9.84 Å². The third-order valence-electron chi connectivity index (χ3n) is 3.19. The van der Waals surface area contributed by atoms with Gasteiger partial charge in [0.05, 0.1) is 24.5 Å². The smallest absolute Gasteiger partial charge is 0.329 e. The van der Waals surface area contributed by atoms with Gasteiger partial charge in [0, 0.05) is 0 Å². The molecule has 2 rings (SSSR count). The number of carboxylic acids is 1. The molecule has 1 fully saturated rings. The van der Waals surface area contributed by atoms with Crippen LogP contribution in [0.5, 0.6) is 0 Å². The molecule has 1 aliphatic heterocycles. The van der Waals surface area contributed by atoms with Crippen molar-refractivity contribution >= 4 is 17.9 Å². The number of aliphatic carboxylic acids is 1. The fourth-order valence-electron chi connectivity index (χ4n) is 1.92. The molecule has 0 unspecified atom stereocenters. The van der Waals surface area contributed by atoms with Crippen LogP contribution in [0.3, 0.4) is 0 Å². The van der Waals surface area contributed by atoms with Gasteiger partial charge in [-0.2, -0.15) is 5.10 Å². The van der Waals surface area contributed by atoms with E-state index in [0.717, 1.165) is 0 Å². The Morgan fingerprint density at radius 1 is 1.33 bits per heavy atom. The Labute approximate surface area is 121 Å². The molecule has 1 aliphatic rings. The minimum atomic E-state index is -1.03. The van der Waals surface area contributed by atoms with Crippen molar-refractivity contribution in [2.45, 2.75) is 26.4 Å². The van der Waals surface area contributed by atoms with Gasteiger partial charge in [-0.3, -0.25) is 5.32 Å². The van der Waals surface area contributed by atoms with Gasteiger partial charge in [-0.25, -0.2) is 14.6 Å². The number of hydrogen-bond donors (Lipinski definition) is 2. The normalized spacial score (nSPS) is 16.2. The first kappa shape index (κ1) is 15.1. The highest BCUT2D eigenvalue weighted by molar-refractivity contribution is 5.88. The summed E-state index contributed by atoms with van der Waals surface area (Å²) in [6, 6.07) is -0.364. The number of aryl methyl sites for hydroxylation is 2. The van der Waals surface area contributed by atoms with E-state index in [9.17, 15) is 9.59 Å². The summed E-state index contributed by atoms with van der Waals surface area (Å²) in [5.74, 6) is -0.892. The van der Waals surface area contributed by atoms with Crippen LogP contribution in [-0.4, -0.2) is 62.5 Å². The number of carbonyl (C=O) groups is 2. The molecule has 21 heavy (non-hydrogen) atoms. The van der Waals surface area contributed by atoms with Crippen molar-refractivity contribution < 1.29 is 19.4 Å². The zero-order valence-corrected chi connectivity index (χ0v) is 12.1. The third-order valence-corrected chi connectivity index (χ3v) is 3.19. The molecule has 2 heterocycles. The van der Waals surface area contributed by atoms with Crippen molar-refractivity contribution in [1.29, 1.82) is 0 Å². The van der Waals surface area contributed by atoms with E-state index in [0.29, 0.717) is 24.5 Å². The maximum absolute atomic E-state index is 12.0. The fraction of sp³-hybridized carbons (Fsp3) is 0.583. The van der Waals surface area contributed by atoms with Crippen LogP contribution in [0, 0.1) is 13.8 Å². The Bertz CT molecular complexity index is 571. The molecule has 0 aromatic carbocycles. The molecule has 9 nitrogen and oxygen atoms in total.